The van der Waals surface area contributed by atoms with Gasteiger partial charge in [-0.05, 0) is 36.8 Å². The summed E-state index contributed by atoms with van der Waals surface area (Å²) in [5.41, 5.74) is 0.791. The summed E-state index contributed by atoms with van der Waals surface area (Å²) < 4.78 is 28.5. The zero-order valence-corrected chi connectivity index (χ0v) is 13.5. The van der Waals surface area contributed by atoms with Crippen molar-refractivity contribution in [2.75, 3.05) is 11.9 Å². The van der Waals surface area contributed by atoms with Crippen LogP contribution in [0, 0.1) is 18.6 Å². The second kappa shape index (κ2) is 6.88. The predicted molar refractivity (Wildman–Crippen MR) is 89.2 cm³/mol. The van der Waals surface area contributed by atoms with Crippen molar-refractivity contribution in [1.29, 1.82) is 0 Å². The van der Waals surface area contributed by atoms with Crippen molar-refractivity contribution in [3.8, 4) is 0 Å². The quantitative estimate of drug-likeness (QED) is 0.800. The highest BCUT2D eigenvalue weighted by molar-refractivity contribution is 5.95. The predicted octanol–water partition coefficient (Wildman–Crippen LogP) is 2.68. The Hall–Kier alpha value is -2.96. The Bertz CT molecular complexity index is 788. The number of hydrogen-bond acceptors (Lipinski definition) is 2. The lowest BCUT2D eigenvalue weighted by molar-refractivity contribution is -0.120. The number of halogens is 2. The molecular formula is C18H17F2N3O2. The summed E-state index contributed by atoms with van der Waals surface area (Å²) in [6.45, 7) is 1.63. The van der Waals surface area contributed by atoms with Crippen molar-refractivity contribution in [3.05, 3.63) is 65.2 Å². The van der Waals surface area contributed by atoms with Gasteiger partial charge in [-0.1, -0.05) is 18.2 Å². The lowest BCUT2D eigenvalue weighted by Crippen LogP contribution is -2.45. The minimum Gasteiger partial charge on any atom is -0.354 e. The molecule has 2 atom stereocenters. The molecule has 3 rings (SSSR count). The molecule has 0 aromatic heterocycles. The highest BCUT2D eigenvalue weighted by atomic mass is 19.1. The van der Waals surface area contributed by atoms with E-state index in [1.807, 2.05) is 0 Å². The minimum absolute atomic E-state index is 0.0476. The average Bonchev–Trinajstić information content (AvgIpc) is 2.88. The topological polar surface area (TPSA) is 70.2 Å². The first-order valence-electron chi connectivity index (χ1n) is 7.81. The number of aryl methyl sites for hydroxylation is 1. The van der Waals surface area contributed by atoms with Crippen molar-refractivity contribution < 1.29 is 18.4 Å². The van der Waals surface area contributed by atoms with Gasteiger partial charge in [0, 0.05) is 23.7 Å². The third-order valence-corrected chi connectivity index (χ3v) is 4.09. The molecule has 1 saturated heterocycles. The van der Waals surface area contributed by atoms with E-state index in [0.717, 1.165) is 0 Å². The van der Waals surface area contributed by atoms with Gasteiger partial charge in [-0.25, -0.2) is 13.6 Å². The van der Waals surface area contributed by atoms with Crippen molar-refractivity contribution in [1.82, 2.24) is 10.6 Å². The maximum absolute atomic E-state index is 14.2. The number of nitrogens with one attached hydrogen (secondary N) is 3. The Balaban J connectivity index is 1.80. The van der Waals surface area contributed by atoms with Crippen molar-refractivity contribution in [3.63, 3.8) is 0 Å². The van der Waals surface area contributed by atoms with Gasteiger partial charge in [0.05, 0.1) is 0 Å². The van der Waals surface area contributed by atoms with Crippen LogP contribution < -0.4 is 16.0 Å². The second-order valence-electron chi connectivity index (χ2n) is 5.94. The summed E-state index contributed by atoms with van der Waals surface area (Å²) in [6, 6.07) is 9.41. The third kappa shape index (κ3) is 3.60. The minimum atomic E-state index is -1.06. The van der Waals surface area contributed by atoms with E-state index in [4.69, 9.17) is 0 Å². The fraction of sp³-hybridized carbons (Fsp3) is 0.222. The highest BCUT2D eigenvalue weighted by Crippen LogP contribution is 2.29. The SMILES string of the molecule is Cc1cc(F)c([C@@H]2CNC(=O)[C@H]2NC(=O)Nc2ccccc2)c(F)c1. The van der Waals surface area contributed by atoms with Crippen LogP contribution >= 0.6 is 0 Å². The Labute approximate surface area is 143 Å². The molecule has 3 N–H and O–H groups in total. The molecule has 1 aliphatic rings. The van der Waals surface area contributed by atoms with Gasteiger partial charge in [0.15, 0.2) is 0 Å². The highest BCUT2D eigenvalue weighted by Gasteiger charge is 2.39. The number of benzene rings is 2. The van der Waals surface area contributed by atoms with E-state index >= 15 is 0 Å². The number of anilines is 1. The first kappa shape index (κ1) is 16.9. The van der Waals surface area contributed by atoms with Gasteiger partial charge in [0.2, 0.25) is 5.91 Å². The van der Waals surface area contributed by atoms with E-state index in [2.05, 4.69) is 16.0 Å². The van der Waals surface area contributed by atoms with E-state index in [9.17, 15) is 18.4 Å². The molecule has 7 heteroatoms. The van der Waals surface area contributed by atoms with Gasteiger partial charge < -0.3 is 16.0 Å². The van der Waals surface area contributed by atoms with Crippen LogP contribution in [0.3, 0.4) is 0 Å². The Morgan fingerprint density at radius 1 is 1.16 bits per heavy atom. The molecule has 130 valence electrons. The first-order chi connectivity index (χ1) is 12.0. The van der Waals surface area contributed by atoms with E-state index in [0.29, 0.717) is 11.3 Å². The molecule has 1 aliphatic heterocycles. The summed E-state index contributed by atoms with van der Waals surface area (Å²) in [6.07, 6.45) is 0. The lowest BCUT2D eigenvalue weighted by atomic mass is 9.92. The number of amides is 3. The summed E-state index contributed by atoms with van der Waals surface area (Å²) in [5.74, 6) is -2.76. The smallest absolute Gasteiger partial charge is 0.319 e. The molecule has 5 nitrogen and oxygen atoms in total. The molecule has 2 aromatic rings. The van der Waals surface area contributed by atoms with Gasteiger partial charge in [0.25, 0.3) is 0 Å². The summed E-state index contributed by atoms with van der Waals surface area (Å²) >= 11 is 0. The van der Waals surface area contributed by atoms with Crippen LogP contribution in [0.25, 0.3) is 0 Å². The summed E-state index contributed by atoms with van der Waals surface area (Å²) in [5, 5.41) is 7.62. The number of carbonyl (C=O) groups excluding carboxylic acids is 2. The maximum Gasteiger partial charge on any atom is 0.319 e. The van der Waals surface area contributed by atoms with E-state index < -0.39 is 35.5 Å². The van der Waals surface area contributed by atoms with Gasteiger partial charge >= 0.3 is 6.03 Å². The van der Waals surface area contributed by atoms with Gasteiger partial charge in [-0.15, -0.1) is 0 Å². The molecule has 3 amide bonds. The second-order valence-corrected chi connectivity index (χ2v) is 5.94. The zero-order chi connectivity index (χ0) is 18.0. The fourth-order valence-corrected chi connectivity index (χ4v) is 2.95. The van der Waals surface area contributed by atoms with Gasteiger partial charge in [0.1, 0.15) is 17.7 Å². The molecule has 0 bridgehead atoms. The van der Waals surface area contributed by atoms with Crippen LogP contribution in [-0.4, -0.2) is 24.5 Å². The number of carbonyl (C=O) groups is 2. The number of para-hydroxylation sites is 1. The number of hydrogen-bond donors (Lipinski definition) is 3. The monoisotopic (exact) mass is 345 g/mol. The lowest BCUT2D eigenvalue weighted by Gasteiger charge is -2.20. The molecule has 0 spiro atoms. The molecular weight excluding hydrogens is 328 g/mol. The van der Waals surface area contributed by atoms with Crippen LogP contribution in [0.4, 0.5) is 19.3 Å². The summed E-state index contributed by atoms with van der Waals surface area (Å²) in [7, 11) is 0. The molecule has 0 unspecified atom stereocenters. The zero-order valence-electron chi connectivity index (χ0n) is 13.5. The standard InChI is InChI=1S/C18H17F2N3O2/c1-10-7-13(19)15(14(20)8-10)12-9-21-17(24)16(12)23-18(25)22-11-5-3-2-4-6-11/h2-8,12,16H,9H2,1H3,(H,21,24)(H2,22,23,25)/t12-,16-/m0/s1. The molecule has 0 radical (unpaired) electrons. The average molecular weight is 345 g/mol. The van der Waals surface area contributed by atoms with E-state index in [1.54, 1.807) is 37.3 Å². The molecule has 25 heavy (non-hydrogen) atoms. The normalized spacial score (nSPS) is 19.4. The van der Waals surface area contributed by atoms with Crippen molar-refractivity contribution in [2.24, 2.45) is 0 Å². The Kier molecular flexibility index (Phi) is 4.65. The van der Waals surface area contributed by atoms with Crippen molar-refractivity contribution >= 4 is 17.6 Å². The van der Waals surface area contributed by atoms with E-state index in [-0.39, 0.29) is 12.1 Å². The number of rotatable bonds is 3. The van der Waals surface area contributed by atoms with Crippen LogP contribution in [0.5, 0.6) is 0 Å². The first-order valence-corrected chi connectivity index (χ1v) is 7.81. The summed E-state index contributed by atoms with van der Waals surface area (Å²) in [4.78, 5) is 24.2. The van der Waals surface area contributed by atoms with Crippen LogP contribution in [-0.2, 0) is 4.79 Å². The van der Waals surface area contributed by atoms with Crippen LogP contribution in [0.1, 0.15) is 17.0 Å². The van der Waals surface area contributed by atoms with Crippen LogP contribution in [0.15, 0.2) is 42.5 Å². The Morgan fingerprint density at radius 2 is 1.80 bits per heavy atom. The molecule has 2 aromatic carbocycles. The van der Waals surface area contributed by atoms with Crippen LogP contribution in [0.2, 0.25) is 0 Å². The Morgan fingerprint density at radius 3 is 2.44 bits per heavy atom. The largest absolute Gasteiger partial charge is 0.354 e. The fourth-order valence-electron chi connectivity index (χ4n) is 2.95. The van der Waals surface area contributed by atoms with Crippen molar-refractivity contribution in [2.45, 2.75) is 18.9 Å². The third-order valence-electron chi connectivity index (χ3n) is 4.09. The molecule has 1 fully saturated rings. The number of urea groups is 1. The molecule has 1 heterocycles. The van der Waals surface area contributed by atoms with Gasteiger partial charge in [-0.3, -0.25) is 4.79 Å². The van der Waals surface area contributed by atoms with E-state index in [1.165, 1.54) is 12.1 Å². The van der Waals surface area contributed by atoms with Gasteiger partial charge in [-0.2, -0.15) is 0 Å². The maximum atomic E-state index is 14.2. The molecule has 0 saturated carbocycles. The molecule has 0 aliphatic carbocycles.